The van der Waals surface area contributed by atoms with E-state index in [1.807, 2.05) is 6.07 Å². The van der Waals surface area contributed by atoms with Crippen LogP contribution in [-0.2, 0) is 22.4 Å². The maximum absolute atomic E-state index is 12.2. The Hall–Kier alpha value is -1.27. The van der Waals surface area contributed by atoms with Crippen molar-refractivity contribution < 1.29 is 14.3 Å². The third kappa shape index (κ3) is 4.71. The quantitative estimate of drug-likeness (QED) is 0.492. The highest BCUT2D eigenvalue weighted by atomic mass is 35.5. The number of aryl methyl sites for hydroxylation is 2. The van der Waals surface area contributed by atoms with Crippen LogP contribution in [-0.4, -0.2) is 18.5 Å². The summed E-state index contributed by atoms with van der Waals surface area (Å²) in [6.45, 7) is -0.420. The molecular formula is C18H16Cl3NO3S. The van der Waals surface area contributed by atoms with Gasteiger partial charge in [-0.3, -0.25) is 4.79 Å². The van der Waals surface area contributed by atoms with Crippen molar-refractivity contribution in [3.8, 4) is 0 Å². The molecule has 2 aromatic rings. The van der Waals surface area contributed by atoms with Gasteiger partial charge in [0.05, 0.1) is 15.7 Å². The fraction of sp³-hybridized carbons (Fsp3) is 0.333. The number of carbonyl (C=O) groups is 2. The first-order chi connectivity index (χ1) is 12.4. The molecular weight excluding hydrogens is 417 g/mol. The number of esters is 1. The van der Waals surface area contributed by atoms with E-state index in [-0.39, 0.29) is 15.7 Å². The Labute approximate surface area is 170 Å². The summed E-state index contributed by atoms with van der Waals surface area (Å²) in [6, 6.07) is 4.82. The molecule has 0 bridgehead atoms. The highest BCUT2D eigenvalue weighted by molar-refractivity contribution is 7.14. The number of hydrogen-bond acceptors (Lipinski definition) is 4. The first kappa shape index (κ1) is 19.5. The lowest BCUT2D eigenvalue weighted by molar-refractivity contribution is -0.119. The molecule has 138 valence electrons. The standard InChI is InChI=1S/C18H16Cl3NO3S/c19-11-7-12(20)17(13(21)8-11)22-16(23)9-25-18(24)15-6-10-4-2-1-3-5-14(10)26-15/h6-8H,1-5,9H2,(H,22,23). The number of ether oxygens (including phenoxy) is 1. The van der Waals surface area contributed by atoms with E-state index in [9.17, 15) is 9.59 Å². The van der Waals surface area contributed by atoms with E-state index in [1.54, 1.807) is 0 Å². The minimum atomic E-state index is -0.525. The fourth-order valence-corrected chi connectivity index (χ4v) is 4.87. The van der Waals surface area contributed by atoms with Crippen molar-refractivity contribution in [3.05, 3.63) is 48.6 Å². The molecule has 1 heterocycles. The minimum Gasteiger partial charge on any atom is -0.451 e. The summed E-state index contributed by atoms with van der Waals surface area (Å²) in [5.41, 5.74) is 1.46. The highest BCUT2D eigenvalue weighted by Gasteiger charge is 2.19. The van der Waals surface area contributed by atoms with Crippen LogP contribution in [0, 0.1) is 0 Å². The van der Waals surface area contributed by atoms with E-state index >= 15 is 0 Å². The highest BCUT2D eigenvalue weighted by Crippen LogP contribution is 2.33. The molecule has 8 heteroatoms. The molecule has 1 aromatic carbocycles. The zero-order chi connectivity index (χ0) is 18.7. The van der Waals surface area contributed by atoms with Crippen molar-refractivity contribution in [2.75, 3.05) is 11.9 Å². The monoisotopic (exact) mass is 431 g/mol. The maximum atomic E-state index is 12.2. The van der Waals surface area contributed by atoms with Crippen molar-refractivity contribution in [3.63, 3.8) is 0 Å². The predicted octanol–water partition coefficient (Wildman–Crippen LogP) is 5.77. The van der Waals surface area contributed by atoms with Gasteiger partial charge in [0.1, 0.15) is 4.88 Å². The second-order valence-corrected chi connectivity index (χ2v) is 8.38. The van der Waals surface area contributed by atoms with Crippen LogP contribution in [0.1, 0.15) is 39.4 Å². The average Bonchev–Trinajstić information content (AvgIpc) is 2.87. The summed E-state index contributed by atoms with van der Waals surface area (Å²) in [6.07, 6.45) is 5.50. The van der Waals surface area contributed by atoms with Gasteiger partial charge in [-0.1, -0.05) is 41.2 Å². The predicted molar refractivity (Wildman–Crippen MR) is 106 cm³/mol. The van der Waals surface area contributed by atoms with Gasteiger partial charge in [0, 0.05) is 9.90 Å². The molecule has 0 saturated carbocycles. The molecule has 26 heavy (non-hydrogen) atoms. The number of anilines is 1. The Bertz CT molecular complexity index is 804. The molecule has 0 radical (unpaired) electrons. The second kappa shape index (κ2) is 8.61. The SMILES string of the molecule is O=C(COC(=O)c1cc2c(s1)CCCCC2)Nc1c(Cl)cc(Cl)cc1Cl. The first-order valence-corrected chi connectivity index (χ1v) is 10.1. The number of thiophene rings is 1. The zero-order valence-electron chi connectivity index (χ0n) is 13.7. The second-order valence-electron chi connectivity index (χ2n) is 5.99. The number of nitrogens with one attached hydrogen (secondary N) is 1. The van der Waals surface area contributed by atoms with Gasteiger partial charge in [-0.15, -0.1) is 11.3 Å². The molecule has 1 aliphatic rings. The Kier molecular flexibility index (Phi) is 6.46. The third-order valence-corrected chi connectivity index (χ3v) is 6.08. The summed E-state index contributed by atoms with van der Waals surface area (Å²) in [4.78, 5) is 26.0. The van der Waals surface area contributed by atoms with Gasteiger partial charge in [0.2, 0.25) is 0 Å². The molecule has 0 spiro atoms. The average molecular weight is 433 g/mol. The van der Waals surface area contributed by atoms with Crippen molar-refractivity contribution in [1.82, 2.24) is 0 Å². The number of halogens is 3. The molecule has 1 N–H and O–H groups in total. The van der Waals surface area contributed by atoms with Crippen molar-refractivity contribution >= 4 is 63.7 Å². The Morgan fingerprint density at radius 2 is 1.73 bits per heavy atom. The summed E-state index contributed by atoms with van der Waals surface area (Å²) in [5, 5.41) is 3.32. The molecule has 4 nitrogen and oxygen atoms in total. The molecule has 3 rings (SSSR count). The number of fused-ring (bicyclic) bond motifs is 1. The zero-order valence-corrected chi connectivity index (χ0v) is 16.8. The van der Waals surface area contributed by atoms with Gasteiger partial charge in [-0.2, -0.15) is 0 Å². The van der Waals surface area contributed by atoms with Gasteiger partial charge in [0.15, 0.2) is 6.61 Å². The normalized spacial score (nSPS) is 13.7. The lowest BCUT2D eigenvalue weighted by atomic mass is 10.1. The van der Waals surface area contributed by atoms with Gasteiger partial charge >= 0.3 is 5.97 Å². The topological polar surface area (TPSA) is 55.4 Å². The number of carbonyl (C=O) groups excluding carboxylic acids is 2. The summed E-state index contributed by atoms with van der Waals surface area (Å²) in [5.74, 6) is -1.02. The van der Waals surface area contributed by atoms with Crippen molar-refractivity contribution in [1.29, 1.82) is 0 Å². The molecule has 0 fully saturated rings. The number of rotatable bonds is 4. The summed E-state index contributed by atoms with van der Waals surface area (Å²) >= 11 is 19.3. The van der Waals surface area contributed by atoms with Crippen molar-refractivity contribution in [2.45, 2.75) is 32.1 Å². The third-order valence-electron chi connectivity index (χ3n) is 4.05. The van der Waals surface area contributed by atoms with E-state index in [2.05, 4.69) is 5.32 Å². The molecule has 1 aliphatic carbocycles. The summed E-state index contributed by atoms with van der Waals surface area (Å²) < 4.78 is 5.12. The lowest BCUT2D eigenvalue weighted by Gasteiger charge is -2.10. The Morgan fingerprint density at radius 3 is 2.46 bits per heavy atom. The van der Waals surface area contributed by atoms with Crippen LogP contribution in [0.4, 0.5) is 5.69 Å². The van der Waals surface area contributed by atoms with Crippen molar-refractivity contribution in [2.24, 2.45) is 0 Å². The van der Waals surface area contributed by atoms with Crippen LogP contribution in [0.3, 0.4) is 0 Å². The van der Waals surface area contributed by atoms with Crippen LogP contribution < -0.4 is 5.32 Å². The van der Waals surface area contributed by atoms with Gasteiger partial charge in [0.25, 0.3) is 5.91 Å². The van der Waals surface area contributed by atoms with E-state index in [4.69, 9.17) is 39.5 Å². The number of benzene rings is 1. The minimum absolute atomic E-state index is 0.212. The first-order valence-electron chi connectivity index (χ1n) is 8.17. The van der Waals surface area contributed by atoms with Crippen LogP contribution in [0.15, 0.2) is 18.2 Å². The van der Waals surface area contributed by atoms with Gasteiger partial charge in [-0.05, 0) is 49.4 Å². The van der Waals surface area contributed by atoms with Crippen LogP contribution in [0.25, 0.3) is 0 Å². The van der Waals surface area contributed by atoms with E-state index in [0.717, 1.165) is 25.7 Å². The lowest BCUT2D eigenvalue weighted by Crippen LogP contribution is -2.21. The molecule has 0 atom stereocenters. The van der Waals surface area contributed by atoms with E-state index < -0.39 is 18.5 Å². The molecule has 0 unspecified atom stereocenters. The smallest absolute Gasteiger partial charge is 0.348 e. The number of amides is 1. The molecule has 0 saturated heterocycles. The largest absolute Gasteiger partial charge is 0.451 e. The van der Waals surface area contributed by atoms with Gasteiger partial charge in [-0.25, -0.2) is 4.79 Å². The van der Waals surface area contributed by atoms with Gasteiger partial charge < -0.3 is 10.1 Å². The number of hydrogen-bond donors (Lipinski definition) is 1. The van der Waals surface area contributed by atoms with Crippen LogP contribution >= 0.6 is 46.1 Å². The fourth-order valence-electron chi connectivity index (χ4n) is 2.81. The van der Waals surface area contributed by atoms with Crippen LogP contribution in [0.5, 0.6) is 0 Å². The van der Waals surface area contributed by atoms with Crippen LogP contribution in [0.2, 0.25) is 15.1 Å². The summed E-state index contributed by atoms with van der Waals surface area (Å²) in [7, 11) is 0. The molecule has 1 amide bonds. The Morgan fingerprint density at radius 1 is 1.04 bits per heavy atom. The molecule has 0 aliphatic heterocycles. The Balaban J connectivity index is 1.59. The van der Waals surface area contributed by atoms with E-state index in [1.165, 1.54) is 40.3 Å². The van der Waals surface area contributed by atoms with E-state index in [0.29, 0.717) is 9.90 Å². The molecule has 1 aromatic heterocycles. The maximum Gasteiger partial charge on any atom is 0.348 e.